The maximum absolute atomic E-state index is 12.8. The second-order valence-electron chi connectivity index (χ2n) is 12.3. The van der Waals surface area contributed by atoms with E-state index >= 15 is 0 Å². The zero-order chi connectivity index (χ0) is 30.0. The number of carbonyl (C=O) groups excluding carboxylic acids is 1. The summed E-state index contributed by atoms with van der Waals surface area (Å²) in [6, 6.07) is 15.9. The van der Waals surface area contributed by atoms with Crippen molar-refractivity contribution in [1.29, 1.82) is 0 Å². The summed E-state index contributed by atoms with van der Waals surface area (Å²) in [5.41, 5.74) is 3.54. The maximum Gasteiger partial charge on any atom is 0.323 e. The van der Waals surface area contributed by atoms with E-state index in [2.05, 4.69) is 56.3 Å². The number of ether oxygens (including phenoxy) is 2. The Morgan fingerprint density at radius 3 is 2.18 bits per heavy atom. The van der Waals surface area contributed by atoms with E-state index in [0.717, 1.165) is 63.5 Å². The zero-order valence-corrected chi connectivity index (χ0v) is 25.5. The van der Waals surface area contributed by atoms with Gasteiger partial charge >= 0.3 is 6.03 Å². The molecule has 0 saturated carbocycles. The Morgan fingerprint density at radius 2 is 1.55 bits per heavy atom. The van der Waals surface area contributed by atoms with Crippen LogP contribution in [0.4, 0.5) is 28.1 Å². The van der Waals surface area contributed by atoms with Crippen LogP contribution in [0.15, 0.2) is 48.5 Å². The fourth-order valence-corrected chi connectivity index (χ4v) is 6.36. The quantitative estimate of drug-likeness (QED) is 0.420. The predicted octanol–water partition coefficient (Wildman–Crippen LogP) is 3.13. The van der Waals surface area contributed by atoms with Crippen LogP contribution in [0, 0.1) is 0 Å². The molecule has 0 aliphatic carbocycles. The number of morpholine rings is 2. The minimum Gasteiger partial charge on any atom is -0.377 e. The molecule has 7 rings (SSSR count). The molecule has 0 radical (unpaired) electrons. The van der Waals surface area contributed by atoms with Gasteiger partial charge < -0.3 is 34.8 Å². The van der Waals surface area contributed by atoms with Crippen LogP contribution >= 0.6 is 0 Å². The van der Waals surface area contributed by atoms with Crippen LogP contribution in [0.2, 0.25) is 0 Å². The summed E-state index contributed by atoms with van der Waals surface area (Å²) in [6.07, 6.45) is 1.25. The number of rotatable bonds is 7. The van der Waals surface area contributed by atoms with Crippen LogP contribution in [0.3, 0.4) is 0 Å². The van der Waals surface area contributed by atoms with Crippen molar-refractivity contribution in [1.82, 2.24) is 24.8 Å². The van der Waals surface area contributed by atoms with Crippen molar-refractivity contribution in [2.24, 2.45) is 0 Å². The summed E-state index contributed by atoms with van der Waals surface area (Å²) >= 11 is 0. The Balaban J connectivity index is 1.01. The number of carbonyl (C=O) groups is 1. The van der Waals surface area contributed by atoms with Crippen molar-refractivity contribution < 1.29 is 14.3 Å². The third-order valence-corrected chi connectivity index (χ3v) is 9.01. The normalized spacial score (nSPS) is 24.1. The molecule has 3 aromatic rings. The highest BCUT2D eigenvalue weighted by Gasteiger charge is 2.41. The van der Waals surface area contributed by atoms with E-state index in [-0.39, 0.29) is 18.2 Å². The molecule has 232 valence electrons. The van der Waals surface area contributed by atoms with Crippen molar-refractivity contribution in [2.75, 3.05) is 86.6 Å². The summed E-state index contributed by atoms with van der Waals surface area (Å²) in [7, 11) is 2.17. The first-order valence-electron chi connectivity index (χ1n) is 15.6. The molecular formula is C32H41N9O3. The summed E-state index contributed by atoms with van der Waals surface area (Å²) in [6.45, 7) is 10.9. The first-order chi connectivity index (χ1) is 21.5. The van der Waals surface area contributed by atoms with E-state index in [4.69, 9.17) is 24.4 Å². The van der Waals surface area contributed by atoms with Gasteiger partial charge in [0.05, 0.1) is 38.0 Å². The molecule has 12 heteroatoms. The summed E-state index contributed by atoms with van der Waals surface area (Å²) in [4.78, 5) is 36.8. The number of aromatic nitrogens is 3. The SMILES string of the molecule is CC1COCCN1c1nc(-c2ccc(NC(=O)Nc3ccc(CN4CCN(C)CC4)cc3)cc2)nc(N2C[C@@H]3C[C@H]2CO3)n1. The molecule has 2 aromatic carbocycles. The largest absolute Gasteiger partial charge is 0.377 e. The van der Waals surface area contributed by atoms with Crippen molar-refractivity contribution in [3.63, 3.8) is 0 Å². The van der Waals surface area contributed by atoms with Crippen LogP contribution in [0.1, 0.15) is 18.9 Å². The van der Waals surface area contributed by atoms with Crippen molar-refractivity contribution in [3.8, 4) is 11.4 Å². The Bertz CT molecular complexity index is 1430. The number of hydrogen-bond acceptors (Lipinski definition) is 10. The molecule has 3 atom stereocenters. The third-order valence-electron chi connectivity index (χ3n) is 9.01. The van der Waals surface area contributed by atoms with E-state index in [1.54, 1.807) is 0 Å². The van der Waals surface area contributed by atoms with Gasteiger partial charge in [-0.3, -0.25) is 4.90 Å². The Morgan fingerprint density at radius 1 is 0.864 bits per heavy atom. The van der Waals surface area contributed by atoms with Crippen LogP contribution in [0.25, 0.3) is 11.4 Å². The number of urea groups is 1. The number of amides is 2. The lowest BCUT2D eigenvalue weighted by atomic mass is 10.2. The highest BCUT2D eigenvalue weighted by atomic mass is 16.5. The summed E-state index contributed by atoms with van der Waals surface area (Å²) in [5.74, 6) is 1.97. The highest BCUT2D eigenvalue weighted by Crippen LogP contribution is 2.33. The molecule has 2 N–H and O–H groups in total. The standard InChI is InChI=1S/C32H41N9O3/c1-22-20-43-16-15-40(22)30-35-29(36-31(37-30)41-19-28-17-27(41)21-44-28)24-5-9-26(10-6-24)34-32(42)33-25-7-3-23(4-8-25)18-39-13-11-38(2)12-14-39/h3-10,22,27-28H,11-21H2,1-2H3,(H2,33,34,42)/t22?,27-,28-/m0/s1. The lowest BCUT2D eigenvalue weighted by molar-refractivity contribution is 0.0974. The topological polar surface area (TPSA) is 111 Å². The molecule has 1 unspecified atom stereocenters. The number of nitrogens with zero attached hydrogens (tertiary/aromatic N) is 7. The van der Waals surface area contributed by atoms with Gasteiger partial charge in [0.1, 0.15) is 0 Å². The molecular weight excluding hydrogens is 558 g/mol. The zero-order valence-electron chi connectivity index (χ0n) is 25.5. The van der Waals surface area contributed by atoms with Gasteiger partial charge in [-0.1, -0.05) is 12.1 Å². The average Bonchev–Trinajstić information content (AvgIpc) is 3.68. The average molecular weight is 600 g/mol. The number of nitrogens with one attached hydrogen (secondary N) is 2. The number of benzene rings is 2. The first-order valence-corrected chi connectivity index (χ1v) is 15.6. The van der Waals surface area contributed by atoms with Crippen molar-refractivity contribution in [3.05, 3.63) is 54.1 Å². The summed E-state index contributed by atoms with van der Waals surface area (Å²) < 4.78 is 11.5. The monoisotopic (exact) mass is 599 g/mol. The van der Waals surface area contributed by atoms with Crippen LogP contribution < -0.4 is 20.4 Å². The minimum absolute atomic E-state index is 0.170. The van der Waals surface area contributed by atoms with E-state index in [9.17, 15) is 4.79 Å². The smallest absolute Gasteiger partial charge is 0.323 e. The van der Waals surface area contributed by atoms with Gasteiger partial charge in [-0.05, 0) is 62.4 Å². The Kier molecular flexibility index (Phi) is 8.30. The van der Waals surface area contributed by atoms with Gasteiger partial charge in [-0.15, -0.1) is 0 Å². The summed E-state index contributed by atoms with van der Waals surface area (Å²) in [5, 5.41) is 5.87. The second kappa shape index (κ2) is 12.6. The van der Waals surface area contributed by atoms with Gasteiger partial charge in [0, 0.05) is 62.8 Å². The molecule has 2 bridgehead atoms. The molecule has 4 saturated heterocycles. The van der Waals surface area contributed by atoms with Crippen molar-refractivity contribution in [2.45, 2.75) is 38.1 Å². The molecule has 1 aromatic heterocycles. The van der Waals surface area contributed by atoms with E-state index in [1.807, 2.05) is 36.4 Å². The molecule has 44 heavy (non-hydrogen) atoms. The Labute approximate surface area is 258 Å². The third kappa shape index (κ3) is 6.48. The van der Waals surface area contributed by atoms with Crippen LogP contribution in [-0.4, -0.2) is 115 Å². The Hall–Kier alpha value is -3.84. The van der Waals surface area contributed by atoms with Crippen LogP contribution in [-0.2, 0) is 16.0 Å². The molecule has 4 aliphatic rings. The number of hydrogen-bond donors (Lipinski definition) is 2. The lowest BCUT2D eigenvalue weighted by Crippen LogP contribution is -2.45. The fraction of sp³-hybridized carbons (Fsp3) is 0.500. The molecule has 5 heterocycles. The van der Waals surface area contributed by atoms with Gasteiger partial charge in [-0.25, -0.2) is 4.79 Å². The molecule has 4 aliphatic heterocycles. The van der Waals surface area contributed by atoms with E-state index in [1.165, 1.54) is 5.56 Å². The molecule has 0 spiro atoms. The van der Waals surface area contributed by atoms with Gasteiger partial charge in [0.25, 0.3) is 0 Å². The molecule has 12 nitrogen and oxygen atoms in total. The lowest BCUT2D eigenvalue weighted by Gasteiger charge is -2.34. The van der Waals surface area contributed by atoms with Crippen LogP contribution in [0.5, 0.6) is 0 Å². The first kappa shape index (κ1) is 28.9. The van der Waals surface area contributed by atoms with Gasteiger partial charge in [0.15, 0.2) is 5.82 Å². The number of piperazine rings is 1. The molecule has 2 amide bonds. The van der Waals surface area contributed by atoms with Crippen molar-refractivity contribution >= 4 is 29.3 Å². The van der Waals surface area contributed by atoms with Gasteiger partial charge in [0.2, 0.25) is 11.9 Å². The maximum atomic E-state index is 12.8. The molecule has 4 fully saturated rings. The highest BCUT2D eigenvalue weighted by molar-refractivity contribution is 5.99. The minimum atomic E-state index is -0.290. The number of likely N-dealkylation sites (N-methyl/N-ethyl adjacent to an activating group) is 1. The predicted molar refractivity (Wildman–Crippen MR) is 170 cm³/mol. The van der Waals surface area contributed by atoms with E-state index in [0.29, 0.717) is 49.3 Å². The van der Waals surface area contributed by atoms with Gasteiger partial charge in [-0.2, -0.15) is 15.0 Å². The van der Waals surface area contributed by atoms with E-state index < -0.39 is 0 Å². The number of fused-ring (bicyclic) bond motifs is 2. The fourth-order valence-electron chi connectivity index (χ4n) is 6.36. The second-order valence-corrected chi connectivity index (χ2v) is 12.3. The number of anilines is 4.